The Morgan fingerprint density at radius 2 is 2.00 bits per heavy atom. The molecule has 0 spiro atoms. The molecular weight excluding hydrogens is 406 g/mol. The second kappa shape index (κ2) is 8.23. The second-order valence-corrected chi connectivity index (χ2v) is 7.61. The topological polar surface area (TPSA) is 65.0 Å². The maximum Gasteiger partial charge on any atom is 0.337 e. The number of rotatable bonds is 5. The lowest BCUT2D eigenvalue weighted by Crippen LogP contribution is -2.42. The number of carbonyl (C=O) groups excluding carboxylic acids is 2. The SMILES string of the molecule is C#CCCNC(/N=C1\C(=O)N(C)C(=O)N1c1ccccc1F)C(Cl)(Cl)Cl. The number of benzene rings is 1. The molecule has 0 radical (unpaired) electrons. The molecule has 1 aliphatic rings. The Balaban J connectivity index is 2.49. The van der Waals surface area contributed by atoms with E-state index < -0.39 is 27.7 Å². The van der Waals surface area contributed by atoms with E-state index in [1.807, 2.05) is 0 Å². The normalized spacial score (nSPS) is 17.8. The summed E-state index contributed by atoms with van der Waals surface area (Å²) in [5.41, 5.74) is -0.138. The summed E-state index contributed by atoms with van der Waals surface area (Å²) in [6, 6.07) is 4.69. The van der Waals surface area contributed by atoms with E-state index in [1.165, 1.54) is 25.2 Å². The van der Waals surface area contributed by atoms with Gasteiger partial charge in [0, 0.05) is 20.0 Å². The zero-order valence-corrected chi connectivity index (χ0v) is 15.8. The van der Waals surface area contributed by atoms with E-state index in [0.29, 0.717) is 6.42 Å². The van der Waals surface area contributed by atoms with Crippen molar-refractivity contribution in [3.8, 4) is 12.3 Å². The third-order valence-corrected chi connectivity index (χ3v) is 4.07. The summed E-state index contributed by atoms with van der Waals surface area (Å²) in [7, 11) is 1.25. The van der Waals surface area contributed by atoms with Gasteiger partial charge in [-0.05, 0) is 12.1 Å². The quantitative estimate of drug-likeness (QED) is 0.345. The van der Waals surface area contributed by atoms with Crippen LogP contribution in [0, 0.1) is 18.2 Å². The maximum atomic E-state index is 14.2. The Morgan fingerprint density at radius 1 is 1.35 bits per heavy atom. The molecule has 1 aromatic rings. The van der Waals surface area contributed by atoms with Crippen molar-refractivity contribution in [2.45, 2.75) is 16.4 Å². The molecule has 2 rings (SSSR count). The van der Waals surface area contributed by atoms with Crippen molar-refractivity contribution in [3.05, 3.63) is 30.1 Å². The molecule has 3 amide bonds. The molecule has 1 aromatic carbocycles. The molecule has 1 atom stereocenters. The first kappa shape index (κ1) is 20.5. The largest absolute Gasteiger partial charge is 0.337 e. The number of terminal acetylenes is 1. The number of hydrogen-bond donors (Lipinski definition) is 1. The Labute approximate surface area is 164 Å². The summed E-state index contributed by atoms with van der Waals surface area (Å²) in [6.07, 6.45) is 4.32. The van der Waals surface area contributed by atoms with Gasteiger partial charge in [0.1, 0.15) is 12.0 Å². The third-order valence-electron chi connectivity index (χ3n) is 3.45. The molecule has 1 N–H and O–H groups in total. The third kappa shape index (κ3) is 4.27. The van der Waals surface area contributed by atoms with Crippen LogP contribution in [-0.4, -0.2) is 46.2 Å². The van der Waals surface area contributed by atoms with Gasteiger partial charge in [-0.15, -0.1) is 12.3 Å². The van der Waals surface area contributed by atoms with Gasteiger partial charge in [-0.3, -0.25) is 15.0 Å². The number of nitrogens with zero attached hydrogens (tertiary/aromatic N) is 3. The summed E-state index contributed by atoms with van der Waals surface area (Å²) in [5.74, 6) is 0.576. The molecule has 6 nitrogen and oxygen atoms in total. The predicted octanol–water partition coefficient (Wildman–Crippen LogP) is 2.93. The van der Waals surface area contributed by atoms with Crippen LogP contribution in [0.25, 0.3) is 0 Å². The van der Waals surface area contributed by atoms with Crippen LogP contribution in [0.1, 0.15) is 6.42 Å². The van der Waals surface area contributed by atoms with E-state index in [1.54, 1.807) is 0 Å². The van der Waals surface area contributed by atoms with E-state index in [-0.39, 0.29) is 18.1 Å². The smallest absolute Gasteiger partial charge is 0.291 e. The molecule has 1 heterocycles. The van der Waals surface area contributed by atoms with Gasteiger partial charge in [0.05, 0.1) is 5.69 Å². The molecule has 10 heteroatoms. The van der Waals surface area contributed by atoms with E-state index in [4.69, 9.17) is 41.2 Å². The van der Waals surface area contributed by atoms with Crippen molar-refractivity contribution >= 4 is 58.3 Å². The van der Waals surface area contributed by atoms with Crippen molar-refractivity contribution in [2.24, 2.45) is 4.99 Å². The molecular formula is C16H14Cl3FN4O2. The van der Waals surface area contributed by atoms with E-state index in [0.717, 1.165) is 15.9 Å². The summed E-state index contributed by atoms with van der Waals surface area (Å²) >= 11 is 17.7. The minimum Gasteiger partial charge on any atom is -0.291 e. The van der Waals surface area contributed by atoms with Gasteiger partial charge in [-0.1, -0.05) is 46.9 Å². The molecule has 0 aromatic heterocycles. The summed E-state index contributed by atoms with van der Waals surface area (Å²) in [6.45, 7) is 0.254. The van der Waals surface area contributed by atoms with Gasteiger partial charge >= 0.3 is 6.03 Å². The van der Waals surface area contributed by atoms with Crippen LogP contribution in [0.4, 0.5) is 14.9 Å². The average molecular weight is 420 g/mol. The zero-order valence-electron chi connectivity index (χ0n) is 13.5. The number of anilines is 1. The number of urea groups is 1. The molecule has 1 fully saturated rings. The van der Waals surface area contributed by atoms with Crippen molar-refractivity contribution in [1.29, 1.82) is 0 Å². The summed E-state index contributed by atoms with van der Waals surface area (Å²) < 4.78 is 12.2. The lowest BCUT2D eigenvalue weighted by Gasteiger charge is -2.23. The first-order valence-electron chi connectivity index (χ1n) is 7.36. The van der Waals surface area contributed by atoms with E-state index >= 15 is 0 Å². The number of para-hydroxylation sites is 1. The fraction of sp³-hybridized carbons (Fsp3) is 0.312. The molecule has 1 saturated heterocycles. The number of likely N-dealkylation sites (N-methyl/N-ethyl adjacent to an activating group) is 1. The minimum absolute atomic E-state index is 0.138. The standard InChI is InChI=1S/C16H14Cl3FN4O2/c1-3-4-9-21-14(16(17,18)19)22-12-13(25)23(2)15(26)24(12)11-8-6-5-7-10(11)20/h1,5-8,14,21H,4,9H2,2H3/b22-12+. The van der Waals surface area contributed by atoms with Gasteiger partial charge < -0.3 is 0 Å². The van der Waals surface area contributed by atoms with Gasteiger partial charge in [-0.2, -0.15) is 0 Å². The number of nitrogens with one attached hydrogen (secondary N) is 1. The number of imide groups is 1. The van der Waals surface area contributed by atoms with Crippen LogP contribution in [0.5, 0.6) is 0 Å². The van der Waals surface area contributed by atoms with Crippen molar-refractivity contribution < 1.29 is 14.0 Å². The van der Waals surface area contributed by atoms with Gasteiger partial charge in [0.2, 0.25) is 9.63 Å². The molecule has 0 bridgehead atoms. The highest BCUT2D eigenvalue weighted by Crippen LogP contribution is 2.32. The maximum absolute atomic E-state index is 14.2. The number of carbonyl (C=O) groups is 2. The first-order valence-corrected chi connectivity index (χ1v) is 8.50. The molecule has 0 aliphatic carbocycles. The van der Waals surface area contributed by atoms with Gasteiger partial charge in [-0.25, -0.2) is 19.1 Å². The molecule has 1 unspecified atom stereocenters. The lowest BCUT2D eigenvalue weighted by atomic mass is 10.3. The van der Waals surface area contributed by atoms with Crippen LogP contribution in [0.3, 0.4) is 0 Å². The monoisotopic (exact) mass is 418 g/mol. The Kier molecular flexibility index (Phi) is 6.48. The van der Waals surface area contributed by atoms with Gasteiger partial charge in [0.25, 0.3) is 5.91 Å². The number of halogens is 4. The van der Waals surface area contributed by atoms with Crippen LogP contribution in [0.2, 0.25) is 0 Å². The fourth-order valence-corrected chi connectivity index (χ4v) is 2.55. The fourth-order valence-electron chi connectivity index (χ4n) is 2.17. The number of hydrogen-bond acceptors (Lipinski definition) is 4. The Morgan fingerprint density at radius 3 is 2.58 bits per heavy atom. The van der Waals surface area contributed by atoms with Crippen molar-refractivity contribution in [1.82, 2.24) is 10.2 Å². The van der Waals surface area contributed by atoms with E-state index in [2.05, 4.69) is 16.2 Å². The van der Waals surface area contributed by atoms with Crippen molar-refractivity contribution in [3.63, 3.8) is 0 Å². The minimum atomic E-state index is -1.94. The Hall–Kier alpha value is -1.85. The van der Waals surface area contributed by atoms with Gasteiger partial charge in [0.15, 0.2) is 0 Å². The lowest BCUT2D eigenvalue weighted by molar-refractivity contribution is -0.119. The number of amides is 3. The average Bonchev–Trinajstić information content (AvgIpc) is 2.78. The predicted molar refractivity (Wildman–Crippen MR) is 100 cm³/mol. The molecule has 138 valence electrons. The summed E-state index contributed by atoms with van der Waals surface area (Å²) in [4.78, 5) is 30.6. The number of alkyl halides is 3. The molecule has 26 heavy (non-hydrogen) atoms. The molecule has 0 saturated carbocycles. The highest BCUT2D eigenvalue weighted by molar-refractivity contribution is 6.68. The van der Waals surface area contributed by atoms with Crippen LogP contribution < -0.4 is 10.2 Å². The summed E-state index contributed by atoms with van der Waals surface area (Å²) in [5, 5.41) is 2.80. The molecule has 1 aliphatic heterocycles. The highest BCUT2D eigenvalue weighted by Gasteiger charge is 2.44. The Bertz CT molecular complexity index is 788. The van der Waals surface area contributed by atoms with Crippen LogP contribution in [-0.2, 0) is 4.79 Å². The number of amidine groups is 1. The van der Waals surface area contributed by atoms with Crippen molar-refractivity contribution in [2.75, 3.05) is 18.5 Å². The number of aliphatic imine (C=N–C) groups is 1. The van der Waals surface area contributed by atoms with Crippen LogP contribution in [0.15, 0.2) is 29.3 Å². The van der Waals surface area contributed by atoms with E-state index in [9.17, 15) is 14.0 Å². The zero-order chi connectivity index (χ0) is 19.5. The second-order valence-electron chi connectivity index (χ2n) is 5.24. The van der Waals surface area contributed by atoms with Crippen LogP contribution >= 0.6 is 34.8 Å². The highest BCUT2D eigenvalue weighted by atomic mass is 35.6. The first-order chi connectivity index (χ1) is 12.2.